The van der Waals surface area contributed by atoms with Gasteiger partial charge in [-0.15, -0.1) is 0 Å². The van der Waals surface area contributed by atoms with Gasteiger partial charge in [-0.05, 0) is 97.2 Å². The molecule has 0 aromatic heterocycles. The van der Waals surface area contributed by atoms with Gasteiger partial charge >= 0.3 is 0 Å². The fraction of sp³-hybridized carbons (Fsp3) is 0.933. The third-order valence-corrected chi connectivity index (χ3v) is 13.2. The maximum atomic E-state index is 12.0. The standard InChI is InChI=1S/C30H50O3/c1-25(2)14-15-26(3)17-24(33)30(7)19(20(26)16-25)8-9-22-27(4)12-11-23(32)28(5,18-31)21(27)10-13-29(22,30)6/h8,20-24,31-33H,9-18H2,1-7H3. The summed E-state index contributed by atoms with van der Waals surface area (Å²) in [5, 5.41) is 33.3. The molecular formula is C30H50O3. The Morgan fingerprint density at radius 3 is 2.18 bits per heavy atom. The lowest BCUT2D eigenvalue weighted by Gasteiger charge is -2.72. The summed E-state index contributed by atoms with van der Waals surface area (Å²) in [7, 11) is 0. The molecule has 0 heterocycles. The van der Waals surface area contributed by atoms with E-state index in [4.69, 9.17) is 0 Å². The SMILES string of the molecule is CC1(C)CCC2(C)CC(O)C3(C)C(=CCC4C5(C)CCC(O)C(C)(CO)C5CCC43C)C2C1. The molecule has 0 aliphatic heterocycles. The Morgan fingerprint density at radius 1 is 0.818 bits per heavy atom. The molecule has 0 aromatic carbocycles. The summed E-state index contributed by atoms with van der Waals surface area (Å²) >= 11 is 0. The maximum Gasteiger partial charge on any atom is 0.0641 e. The van der Waals surface area contributed by atoms with Crippen molar-refractivity contribution in [3.63, 3.8) is 0 Å². The normalized spacial score (nSPS) is 57.8. The lowest BCUT2D eigenvalue weighted by molar-refractivity contribution is -0.231. The van der Waals surface area contributed by atoms with E-state index < -0.39 is 11.5 Å². The van der Waals surface area contributed by atoms with Gasteiger partial charge < -0.3 is 15.3 Å². The van der Waals surface area contributed by atoms with Crippen LogP contribution in [0.15, 0.2) is 11.6 Å². The third-order valence-electron chi connectivity index (χ3n) is 13.2. The van der Waals surface area contributed by atoms with Crippen LogP contribution in [0.4, 0.5) is 0 Å². The number of hydrogen-bond acceptors (Lipinski definition) is 3. The van der Waals surface area contributed by atoms with Crippen LogP contribution in [0.3, 0.4) is 0 Å². The number of hydrogen-bond donors (Lipinski definition) is 3. The molecule has 0 radical (unpaired) electrons. The smallest absolute Gasteiger partial charge is 0.0641 e. The highest BCUT2D eigenvalue weighted by atomic mass is 16.3. The van der Waals surface area contributed by atoms with Crippen molar-refractivity contribution in [1.29, 1.82) is 0 Å². The quantitative estimate of drug-likeness (QED) is 0.415. The van der Waals surface area contributed by atoms with E-state index in [1.807, 2.05) is 0 Å². The zero-order valence-electron chi connectivity index (χ0n) is 22.4. The highest BCUT2D eigenvalue weighted by molar-refractivity contribution is 5.35. The zero-order chi connectivity index (χ0) is 24.2. The average molecular weight is 459 g/mol. The number of aliphatic hydroxyl groups is 3. The minimum Gasteiger partial charge on any atom is -0.396 e. The molecule has 0 aromatic rings. The molecule has 5 rings (SSSR count). The maximum absolute atomic E-state index is 12.0. The molecule has 0 spiro atoms. The lowest BCUT2D eigenvalue weighted by Crippen LogP contribution is -2.68. The minimum absolute atomic E-state index is 0.0450. The van der Waals surface area contributed by atoms with Gasteiger partial charge in [-0.2, -0.15) is 0 Å². The van der Waals surface area contributed by atoms with Crippen molar-refractivity contribution in [3.8, 4) is 0 Å². The van der Waals surface area contributed by atoms with Crippen molar-refractivity contribution in [2.75, 3.05) is 6.61 Å². The monoisotopic (exact) mass is 458 g/mol. The Hall–Kier alpha value is -0.380. The topological polar surface area (TPSA) is 60.7 Å². The van der Waals surface area contributed by atoms with Crippen molar-refractivity contribution >= 4 is 0 Å². The molecule has 4 fully saturated rings. The van der Waals surface area contributed by atoms with Crippen LogP contribution in [0.25, 0.3) is 0 Å². The number of rotatable bonds is 1. The van der Waals surface area contributed by atoms with E-state index in [2.05, 4.69) is 54.5 Å². The molecule has 0 amide bonds. The van der Waals surface area contributed by atoms with Crippen molar-refractivity contribution in [3.05, 3.63) is 11.6 Å². The molecular weight excluding hydrogens is 408 g/mol. The average Bonchev–Trinajstić information content (AvgIpc) is 2.73. The predicted molar refractivity (Wildman–Crippen MR) is 134 cm³/mol. The summed E-state index contributed by atoms with van der Waals surface area (Å²) in [5.74, 6) is 1.38. The van der Waals surface area contributed by atoms with E-state index in [9.17, 15) is 15.3 Å². The molecule has 10 atom stereocenters. The van der Waals surface area contributed by atoms with Crippen LogP contribution in [0.5, 0.6) is 0 Å². The fourth-order valence-corrected chi connectivity index (χ4v) is 10.7. The van der Waals surface area contributed by atoms with E-state index >= 15 is 0 Å². The van der Waals surface area contributed by atoms with Crippen molar-refractivity contribution in [1.82, 2.24) is 0 Å². The molecule has 3 nitrogen and oxygen atoms in total. The molecule has 188 valence electrons. The van der Waals surface area contributed by atoms with Crippen molar-refractivity contribution in [2.45, 2.75) is 118 Å². The largest absolute Gasteiger partial charge is 0.396 e. The molecule has 5 aliphatic carbocycles. The highest BCUT2D eigenvalue weighted by Gasteiger charge is 2.70. The van der Waals surface area contributed by atoms with Crippen LogP contribution in [0, 0.1) is 50.2 Å². The first kappa shape index (κ1) is 24.3. The van der Waals surface area contributed by atoms with E-state index in [0.717, 1.165) is 38.5 Å². The molecule has 3 heteroatoms. The van der Waals surface area contributed by atoms with Gasteiger partial charge in [0.2, 0.25) is 0 Å². The Kier molecular flexibility index (Phi) is 5.23. The number of fused-ring (bicyclic) bond motifs is 7. The Bertz CT molecular complexity index is 847. The van der Waals surface area contributed by atoms with E-state index in [-0.39, 0.29) is 34.4 Å². The number of allylic oxidation sites excluding steroid dienone is 1. The van der Waals surface area contributed by atoms with Crippen LogP contribution in [-0.4, -0.2) is 34.1 Å². The van der Waals surface area contributed by atoms with Crippen LogP contribution < -0.4 is 0 Å². The summed E-state index contributed by atoms with van der Waals surface area (Å²) in [6.07, 6.45) is 11.6. The molecule has 33 heavy (non-hydrogen) atoms. The summed E-state index contributed by atoms with van der Waals surface area (Å²) in [6.45, 7) is 16.9. The van der Waals surface area contributed by atoms with Gasteiger partial charge in [-0.3, -0.25) is 0 Å². The summed E-state index contributed by atoms with van der Waals surface area (Å²) in [5.41, 5.74) is 1.69. The second-order valence-corrected chi connectivity index (χ2v) is 15.2. The molecule has 10 unspecified atom stereocenters. The summed E-state index contributed by atoms with van der Waals surface area (Å²) < 4.78 is 0. The molecule has 3 N–H and O–H groups in total. The second-order valence-electron chi connectivity index (χ2n) is 15.2. The summed E-state index contributed by atoms with van der Waals surface area (Å²) in [6, 6.07) is 0. The van der Waals surface area contributed by atoms with Crippen LogP contribution >= 0.6 is 0 Å². The van der Waals surface area contributed by atoms with Gasteiger partial charge in [-0.1, -0.05) is 60.1 Å². The zero-order valence-corrected chi connectivity index (χ0v) is 22.4. The van der Waals surface area contributed by atoms with E-state index in [0.29, 0.717) is 23.2 Å². The second kappa shape index (κ2) is 7.10. The third kappa shape index (κ3) is 2.91. The van der Waals surface area contributed by atoms with Crippen LogP contribution in [0.1, 0.15) is 106 Å². The first-order valence-electron chi connectivity index (χ1n) is 13.9. The van der Waals surface area contributed by atoms with Gasteiger partial charge in [0, 0.05) is 10.8 Å². The highest BCUT2D eigenvalue weighted by Crippen LogP contribution is 2.75. The van der Waals surface area contributed by atoms with Gasteiger partial charge in [0.25, 0.3) is 0 Å². The summed E-state index contributed by atoms with van der Waals surface area (Å²) in [4.78, 5) is 0. The van der Waals surface area contributed by atoms with Crippen molar-refractivity contribution in [2.24, 2.45) is 50.2 Å². The molecule has 4 saturated carbocycles. The van der Waals surface area contributed by atoms with E-state index in [1.54, 1.807) is 5.57 Å². The van der Waals surface area contributed by atoms with E-state index in [1.165, 1.54) is 19.3 Å². The van der Waals surface area contributed by atoms with Crippen molar-refractivity contribution < 1.29 is 15.3 Å². The molecule has 0 saturated heterocycles. The van der Waals surface area contributed by atoms with Gasteiger partial charge in [-0.25, -0.2) is 0 Å². The first-order chi connectivity index (χ1) is 15.2. The predicted octanol–water partition coefficient (Wildman–Crippen LogP) is 6.11. The Morgan fingerprint density at radius 2 is 1.52 bits per heavy atom. The van der Waals surface area contributed by atoms with Crippen LogP contribution in [-0.2, 0) is 0 Å². The van der Waals surface area contributed by atoms with Crippen LogP contribution in [0.2, 0.25) is 0 Å². The minimum atomic E-state index is -0.420. The fourth-order valence-electron chi connectivity index (χ4n) is 10.7. The Balaban J connectivity index is 1.61. The number of aliphatic hydroxyl groups excluding tert-OH is 3. The lowest BCUT2D eigenvalue weighted by atomic mass is 9.33. The molecule has 5 aliphatic rings. The molecule has 0 bridgehead atoms. The van der Waals surface area contributed by atoms with Gasteiger partial charge in [0.1, 0.15) is 0 Å². The van der Waals surface area contributed by atoms with Gasteiger partial charge in [0.15, 0.2) is 0 Å². The Labute approximate surface area is 202 Å². The van der Waals surface area contributed by atoms with Gasteiger partial charge in [0.05, 0.1) is 18.8 Å². The first-order valence-corrected chi connectivity index (χ1v) is 13.9.